The Bertz CT molecular complexity index is 1020. The van der Waals surface area contributed by atoms with Gasteiger partial charge in [0.05, 0.1) is 12.4 Å². The predicted octanol–water partition coefficient (Wildman–Crippen LogP) is 3.18. The van der Waals surface area contributed by atoms with Crippen LogP contribution in [0.1, 0.15) is 54.9 Å². The Morgan fingerprint density at radius 2 is 1.67 bits per heavy atom. The average Bonchev–Trinajstić information content (AvgIpc) is 3.37. The topological polar surface area (TPSA) is 113 Å². The van der Waals surface area contributed by atoms with Crippen LogP contribution in [0.25, 0.3) is 0 Å². The number of amides is 2. The fourth-order valence-corrected chi connectivity index (χ4v) is 5.01. The quantitative estimate of drug-likeness (QED) is 0.583. The Hall–Kier alpha value is -2.68. The van der Waals surface area contributed by atoms with Crippen molar-refractivity contribution in [1.29, 1.82) is 0 Å². The van der Waals surface area contributed by atoms with E-state index in [2.05, 4.69) is 38.3 Å². The Kier molecular flexibility index (Phi) is 5.90. The molecule has 160 valence electrons. The first kappa shape index (κ1) is 20.6. The van der Waals surface area contributed by atoms with Crippen LogP contribution in [0, 0.1) is 0 Å². The molecule has 4 rings (SSSR count). The van der Waals surface area contributed by atoms with Crippen LogP contribution in [0.15, 0.2) is 23.4 Å². The number of aryl methyl sites for hydroxylation is 2. The molecule has 0 radical (unpaired) electrons. The molecule has 2 aliphatic carbocycles. The first-order valence-corrected chi connectivity index (χ1v) is 12.0. The summed E-state index contributed by atoms with van der Waals surface area (Å²) in [5.41, 5.74) is 5.64. The number of carbonyl (C=O) groups excluding carboxylic acids is 1. The number of benzene rings is 1. The molecule has 1 aromatic carbocycles. The van der Waals surface area contributed by atoms with Gasteiger partial charge in [-0.1, -0.05) is 19.4 Å². The molecule has 9 heteroatoms. The van der Waals surface area contributed by atoms with Crippen molar-refractivity contribution in [3.63, 3.8) is 0 Å². The van der Waals surface area contributed by atoms with Crippen molar-refractivity contribution in [1.82, 2.24) is 14.7 Å². The van der Waals surface area contributed by atoms with Gasteiger partial charge in [0.15, 0.2) is 0 Å². The SMILES string of the molecule is CCCCNc1ncc(S(=O)(=O)NC(=O)Nc2c3c(cc4c2CCC4)CCC3)cn1. The van der Waals surface area contributed by atoms with Gasteiger partial charge >= 0.3 is 6.03 Å². The van der Waals surface area contributed by atoms with Gasteiger partial charge in [-0.15, -0.1) is 0 Å². The van der Waals surface area contributed by atoms with Crippen molar-refractivity contribution in [3.8, 4) is 0 Å². The van der Waals surface area contributed by atoms with E-state index >= 15 is 0 Å². The van der Waals surface area contributed by atoms with E-state index in [1.165, 1.54) is 23.5 Å². The third-order valence-electron chi connectivity index (χ3n) is 5.69. The van der Waals surface area contributed by atoms with Gasteiger partial charge in [0.1, 0.15) is 4.90 Å². The summed E-state index contributed by atoms with van der Waals surface area (Å²) in [6, 6.07) is 1.51. The molecule has 0 unspecified atom stereocenters. The standard InChI is InChI=1S/C21H27N5O3S/c1-2-3-10-22-20-23-12-16(13-24-20)30(28,29)26-21(27)25-19-17-8-4-6-14(17)11-15-7-5-9-18(15)19/h11-13H,2-10H2,1H3,(H,22,23,24)(H2,25,26,27). The number of nitrogens with zero attached hydrogens (tertiary/aromatic N) is 2. The first-order valence-electron chi connectivity index (χ1n) is 10.5. The van der Waals surface area contributed by atoms with Crippen LogP contribution in [0.4, 0.5) is 16.4 Å². The summed E-state index contributed by atoms with van der Waals surface area (Å²) >= 11 is 0. The number of fused-ring (bicyclic) bond motifs is 2. The molecule has 8 nitrogen and oxygen atoms in total. The van der Waals surface area contributed by atoms with Crippen LogP contribution >= 0.6 is 0 Å². The molecule has 0 saturated carbocycles. The van der Waals surface area contributed by atoms with Crippen LogP contribution in [-0.4, -0.2) is 31.0 Å². The van der Waals surface area contributed by atoms with Gasteiger partial charge in [0.2, 0.25) is 5.95 Å². The van der Waals surface area contributed by atoms with E-state index in [0.717, 1.165) is 74.7 Å². The summed E-state index contributed by atoms with van der Waals surface area (Å²) in [7, 11) is -4.06. The van der Waals surface area contributed by atoms with Gasteiger partial charge in [0, 0.05) is 12.2 Å². The summed E-state index contributed by atoms with van der Waals surface area (Å²) in [5, 5.41) is 5.86. The molecule has 2 amide bonds. The highest BCUT2D eigenvalue weighted by atomic mass is 32.2. The van der Waals surface area contributed by atoms with Crippen molar-refractivity contribution < 1.29 is 13.2 Å². The Labute approximate surface area is 177 Å². The number of carbonyl (C=O) groups is 1. The molecule has 2 aliphatic rings. The fraction of sp³-hybridized carbons (Fsp3) is 0.476. The van der Waals surface area contributed by atoms with Gasteiger partial charge < -0.3 is 10.6 Å². The monoisotopic (exact) mass is 429 g/mol. The number of rotatable bonds is 7. The number of urea groups is 1. The van der Waals surface area contributed by atoms with Crippen LogP contribution in [-0.2, 0) is 35.7 Å². The maximum Gasteiger partial charge on any atom is 0.333 e. The molecule has 0 bridgehead atoms. The molecule has 30 heavy (non-hydrogen) atoms. The fourth-order valence-electron chi connectivity index (χ4n) is 4.21. The first-order chi connectivity index (χ1) is 14.5. The lowest BCUT2D eigenvalue weighted by Crippen LogP contribution is -2.35. The zero-order valence-electron chi connectivity index (χ0n) is 17.1. The van der Waals surface area contributed by atoms with E-state index in [4.69, 9.17) is 0 Å². The summed E-state index contributed by atoms with van der Waals surface area (Å²) in [6.45, 7) is 2.79. The maximum atomic E-state index is 12.6. The number of anilines is 2. The molecule has 0 aliphatic heterocycles. The largest absolute Gasteiger partial charge is 0.354 e. The minimum Gasteiger partial charge on any atom is -0.354 e. The Balaban J connectivity index is 1.47. The normalized spacial score (nSPS) is 14.8. The van der Waals surface area contributed by atoms with Crippen molar-refractivity contribution in [3.05, 3.63) is 40.7 Å². The maximum absolute atomic E-state index is 12.6. The number of hydrogen-bond donors (Lipinski definition) is 3. The second-order valence-corrected chi connectivity index (χ2v) is 9.50. The van der Waals surface area contributed by atoms with E-state index in [0.29, 0.717) is 5.95 Å². The van der Waals surface area contributed by atoms with Gasteiger partial charge in [-0.25, -0.2) is 27.9 Å². The molecule has 2 aromatic rings. The summed E-state index contributed by atoms with van der Waals surface area (Å²) in [4.78, 5) is 20.5. The lowest BCUT2D eigenvalue weighted by molar-refractivity contribution is 0.256. The molecule has 0 fully saturated rings. The summed E-state index contributed by atoms with van der Waals surface area (Å²) < 4.78 is 27.3. The zero-order chi connectivity index (χ0) is 21.1. The van der Waals surface area contributed by atoms with Crippen molar-refractivity contribution in [2.45, 2.75) is 63.2 Å². The van der Waals surface area contributed by atoms with Crippen LogP contribution in [0.5, 0.6) is 0 Å². The highest BCUT2D eigenvalue weighted by molar-refractivity contribution is 7.90. The summed E-state index contributed by atoms with van der Waals surface area (Å²) in [6.07, 6.45) is 10.4. The average molecular weight is 430 g/mol. The van der Waals surface area contributed by atoms with Gasteiger partial charge in [-0.05, 0) is 67.2 Å². The van der Waals surface area contributed by atoms with E-state index in [9.17, 15) is 13.2 Å². The van der Waals surface area contributed by atoms with E-state index < -0.39 is 16.1 Å². The molecule has 0 spiro atoms. The third-order valence-corrected chi connectivity index (χ3v) is 6.98. The van der Waals surface area contributed by atoms with E-state index in [1.807, 2.05) is 0 Å². The molecular formula is C21H27N5O3S. The molecule has 0 atom stereocenters. The minimum atomic E-state index is -4.06. The van der Waals surface area contributed by atoms with E-state index in [-0.39, 0.29) is 4.90 Å². The number of hydrogen-bond acceptors (Lipinski definition) is 6. The Morgan fingerprint density at radius 3 is 2.27 bits per heavy atom. The lowest BCUT2D eigenvalue weighted by atomic mass is 9.99. The van der Waals surface area contributed by atoms with Gasteiger partial charge in [-0.2, -0.15) is 0 Å². The lowest BCUT2D eigenvalue weighted by Gasteiger charge is -2.16. The van der Waals surface area contributed by atoms with Crippen molar-refractivity contribution >= 4 is 27.7 Å². The number of sulfonamides is 1. The third kappa shape index (κ3) is 4.26. The predicted molar refractivity (Wildman–Crippen MR) is 115 cm³/mol. The number of nitrogens with one attached hydrogen (secondary N) is 3. The minimum absolute atomic E-state index is 0.151. The van der Waals surface area contributed by atoms with Gasteiger partial charge in [0.25, 0.3) is 10.0 Å². The molecule has 1 aromatic heterocycles. The number of aromatic nitrogens is 2. The zero-order valence-corrected chi connectivity index (χ0v) is 17.9. The molecule has 3 N–H and O–H groups in total. The van der Waals surface area contributed by atoms with Crippen LogP contribution in [0.3, 0.4) is 0 Å². The summed E-state index contributed by atoms with van der Waals surface area (Å²) in [5.74, 6) is 0.363. The van der Waals surface area contributed by atoms with E-state index in [1.54, 1.807) is 0 Å². The highest BCUT2D eigenvalue weighted by Crippen LogP contribution is 2.38. The smallest absolute Gasteiger partial charge is 0.333 e. The van der Waals surface area contributed by atoms with Crippen LogP contribution < -0.4 is 15.4 Å². The Morgan fingerprint density at radius 1 is 1.03 bits per heavy atom. The van der Waals surface area contributed by atoms with Crippen LogP contribution in [0.2, 0.25) is 0 Å². The molecule has 0 saturated heterocycles. The second-order valence-electron chi connectivity index (χ2n) is 7.82. The molecule has 1 heterocycles. The molecular weight excluding hydrogens is 402 g/mol. The van der Waals surface area contributed by atoms with Crippen molar-refractivity contribution in [2.24, 2.45) is 0 Å². The highest BCUT2D eigenvalue weighted by Gasteiger charge is 2.26. The second kappa shape index (κ2) is 8.59. The van der Waals surface area contributed by atoms with Gasteiger partial charge in [-0.3, -0.25) is 0 Å². The number of unbranched alkanes of at least 4 members (excludes halogenated alkanes) is 1. The van der Waals surface area contributed by atoms with Crippen molar-refractivity contribution in [2.75, 3.05) is 17.2 Å².